The number of rotatable bonds is 2. The van der Waals surface area contributed by atoms with Gasteiger partial charge in [0.2, 0.25) is 0 Å². The molecule has 3 aromatic carbocycles. The van der Waals surface area contributed by atoms with Crippen molar-refractivity contribution in [2.45, 2.75) is 13.5 Å². The molecule has 0 unspecified atom stereocenters. The van der Waals surface area contributed by atoms with Gasteiger partial charge in [-0.3, -0.25) is 4.99 Å². The van der Waals surface area contributed by atoms with Gasteiger partial charge < -0.3 is 0 Å². The molecule has 0 bridgehead atoms. The van der Waals surface area contributed by atoms with Crippen molar-refractivity contribution in [2.75, 3.05) is 0 Å². The molecule has 0 atom stereocenters. The molecular weight excluding hydrogens is 218 g/mol. The minimum Gasteiger partial charge on any atom is -0.293 e. The molecule has 0 aromatic heterocycles. The van der Waals surface area contributed by atoms with Gasteiger partial charge in [-0.2, -0.15) is 0 Å². The van der Waals surface area contributed by atoms with Crippen LogP contribution >= 0.6 is 0 Å². The molecule has 3 aromatic rings. The normalized spacial score (nSPS) is 11.6. The van der Waals surface area contributed by atoms with Crippen LogP contribution in [0.4, 0.5) is 0 Å². The van der Waals surface area contributed by atoms with Gasteiger partial charge in [0, 0.05) is 0 Å². The Balaban J connectivity index is 2.41. The fourth-order valence-electron chi connectivity index (χ4n) is 2.46. The third-order valence-electron chi connectivity index (χ3n) is 3.31. The molecule has 0 saturated carbocycles. The van der Waals surface area contributed by atoms with Crippen molar-refractivity contribution in [1.29, 1.82) is 0 Å². The zero-order chi connectivity index (χ0) is 12.4. The molecule has 18 heavy (non-hydrogen) atoms. The Kier molecular flexibility index (Phi) is 2.81. The summed E-state index contributed by atoms with van der Waals surface area (Å²) in [6.45, 7) is 2.71. The van der Waals surface area contributed by atoms with Crippen LogP contribution < -0.4 is 0 Å². The van der Waals surface area contributed by atoms with E-state index in [2.05, 4.69) is 59.6 Å². The second-order valence-corrected chi connectivity index (χ2v) is 4.40. The Morgan fingerprint density at radius 3 is 2.00 bits per heavy atom. The van der Waals surface area contributed by atoms with Gasteiger partial charge >= 0.3 is 0 Å². The summed E-state index contributed by atoms with van der Waals surface area (Å²) in [6, 6.07) is 19.3. The van der Waals surface area contributed by atoms with Gasteiger partial charge in [-0.15, -0.1) is 0 Å². The lowest BCUT2D eigenvalue weighted by Gasteiger charge is -2.09. The molecule has 88 valence electrons. The molecule has 0 radical (unpaired) electrons. The monoisotopic (exact) mass is 233 g/mol. The Morgan fingerprint density at radius 2 is 1.44 bits per heavy atom. The van der Waals surface area contributed by atoms with Crippen molar-refractivity contribution < 1.29 is 0 Å². The molecular formula is C17H15N. The average Bonchev–Trinajstić information content (AvgIpc) is 2.43. The first-order valence-electron chi connectivity index (χ1n) is 6.24. The highest BCUT2D eigenvalue weighted by molar-refractivity contribution is 6.02. The molecule has 0 aliphatic heterocycles. The number of aliphatic imine (C=N–C) groups is 1. The minimum absolute atomic E-state index is 0.748. The number of benzene rings is 3. The molecule has 0 amide bonds. The highest BCUT2D eigenvalue weighted by Crippen LogP contribution is 2.28. The van der Waals surface area contributed by atoms with Crippen LogP contribution in [0.1, 0.15) is 12.5 Å². The van der Waals surface area contributed by atoms with Crippen LogP contribution in [-0.2, 0) is 6.54 Å². The smallest absolute Gasteiger partial charge is 0.0647 e. The van der Waals surface area contributed by atoms with Crippen molar-refractivity contribution in [3.63, 3.8) is 0 Å². The van der Waals surface area contributed by atoms with E-state index in [1.54, 1.807) is 0 Å². The van der Waals surface area contributed by atoms with Gasteiger partial charge in [0.15, 0.2) is 0 Å². The number of hydrogen-bond acceptors (Lipinski definition) is 1. The minimum atomic E-state index is 0.748. The number of fused-ring (bicyclic) bond motifs is 2. The number of nitrogens with zero attached hydrogens (tertiary/aromatic N) is 1. The Bertz CT molecular complexity index is 672. The van der Waals surface area contributed by atoms with Crippen LogP contribution in [-0.4, -0.2) is 6.21 Å². The summed E-state index contributed by atoms with van der Waals surface area (Å²) in [6.07, 6.45) is 1.87. The molecule has 0 heterocycles. The maximum Gasteiger partial charge on any atom is 0.0647 e. The Labute approximate surface area is 107 Å². The summed E-state index contributed by atoms with van der Waals surface area (Å²) < 4.78 is 0. The Morgan fingerprint density at radius 1 is 0.889 bits per heavy atom. The largest absolute Gasteiger partial charge is 0.293 e. The van der Waals surface area contributed by atoms with Crippen LogP contribution in [0, 0.1) is 0 Å². The van der Waals surface area contributed by atoms with Gasteiger partial charge in [0.05, 0.1) is 6.54 Å². The van der Waals surface area contributed by atoms with Gasteiger partial charge in [-0.05, 0) is 46.3 Å². The van der Waals surface area contributed by atoms with Crippen LogP contribution in [0.2, 0.25) is 0 Å². The van der Waals surface area contributed by atoms with E-state index in [1.165, 1.54) is 27.1 Å². The molecule has 0 aliphatic carbocycles. The van der Waals surface area contributed by atoms with Crippen LogP contribution in [0.15, 0.2) is 59.6 Å². The predicted molar refractivity (Wildman–Crippen MR) is 79.3 cm³/mol. The molecule has 0 N–H and O–H groups in total. The molecule has 0 aliphatic rings. The first kappa shape index (κ1) is 11.0. The standard InChI is InChI=1S/C17H15N/c1-2-18-12-17-15-9-5-3-7-13(15)11-14-8-4-6-10-16(14)17/h2-11H,12H2,1H3. The first-order chi connectivity index (χ1) is 8.90. The van der Waals surface area contributed by atoms with Crippen LogP contribution in [0.3, 0.4) is 0 Å². The van der Waals surface area contributed by atoms with E-state index in [0.717, 1.165) is 6.54 Å². The number of hydrogen-bond donors (Lipinski definition) is 0. The highest BCUT2D eigenvalue weighted by atomic mass is 14.7. The first-order valence-corrected chi connectivity index (χ1v) is 6.24. The van der Waals surface area contributed by atoms with E-state index in [0.29, 0.717) is 0 Å². The summed E-state index contributed by atoms with van der Waals surface area (Å²) in [5, 5.41) is 5.19. The van der Waals surface area contributed by atoms with Crippen LogP contribution in [0.5, 0.6) is 0 Å². The van der Waals surface area contributed by atoms with Crippen molar-refractivity contribution in [3.8, 4) is 0 Å². The van der Waals surface area contributed by atoms with Crippen molar-refractivity contribution in [1.82, 2.24) is 0 Å². The van der Waals surface area contributed by atoms with E-state index in [4.69, 9.17) is 0 Å². The topological polar surface area (TPSA) is 12.4 Å². The maximum atomic E-state index is 4.42. The van der Waals surface area contributed by atoms with Gasteiger partial charge in [-0.1, -0.05) is 48.5 Å². The summed E-state index contributed by atoms with van der Waals surface area (Å²) >= 11 is 0. The molecule has 0 spiro atoms. The third-order valence-corrected chi connectivity index (χ3v) is 3.31. The highest BCUT2D eigenvalue weighted by Gasteiger charge is 2.05. The van der Waals surface area contributed by atoms with Crippen LogP contribution in [0.25, 0.3) is 21.5 Å². The fraction of sp³-hybridized carbons (Fsp3) is 0.118. The lowest BCUT2D eigenvalue weighted by atomic mass is 9.97. The molecule has 0 fully saturated rings. The van der Waals surface area contributed by atoms with E-state index in [9.17, 15) is 0 Å². The van der Waals surface area contributed by atoms with Crippen molar-refractivity contribution in [3.05, 3.63) is 60.2 Å². The zero-order valence-corrected chi connectivity index (χ0v) is 10.4. The van der Waals surface area contributed by atoms with E-state index in [1.807, 2.05) is 13.1 Å². The molecule has 1 nitrogen and oxygen atoms in total. The molecule has 1 heteroatoms. The van der Waals surface area contributed by atoms with Crippen molar-refractivity contribution >= 4 is 27.8 Å². The molecule has 0 saturated heterocycles. The average molecular weight is 233 g/mol. The Hall–Kier alpha value is -2.15. The second-order valence-electron chi connectivity index (χ2n) is 4.40. The zero-order valence-electron chi connectivity index (χ0n) is 10.4. The van der Waals surface area contributed by atoms with E-state index in [-0.39, 0.29) is 0 Å². The second kappa shape index (κ2) is 4.61. The summed E-state index contributed by atoms with van der Waals surface area (Å²) in [5.74, 6) is 0. The summed E-state index contributed by atoms with van der Waals surface area (Å²) in [5.41, 5.74) is 1.32. The lowest BCUT2D eigenvalue weighted by Crippen LogP contribution is -1.88. The van der Waals surface area contributed by atoms with Gasteiger partial charge in [-0.25, -0.2) is 0 Å². The molecule has 3 rings (SSSR count). The van der Waals surface area contributed by atoms with E-state index >= 15 is 0 Å². The van der Waals surface area contributed by atoms with E-state index < -0.39 is 0 Å². The quantitative estimate of drug-likeness (QED) is 0.453. The van der Waals surface area contributed by atoms with Gasteiger partial charge in [0.1, 0.15) is 0 Å². The summed E-state index contributed by atoms with van der Waals surface area (Å²) in [7, 11) is 0. The third kappa shape index (κ3) is 1.78. The maximum absolute atomic E-state index is 4.42. The van der Waals surface area contributed by atoms with Gasteiger partial charge in [0.25, 0.3) is 0 Å². The summed E-state index contributed by atoms with van der Waals surface area (Å²) in [4.78, 5) is 4.42. The lowest BCUT2D eigenvalue weighted by molar-refractivity contribution is 1.10. The SMILES string of the molecule is CC=NCc1c2ccccc2cc2ccccc12. The fourth-order valence-corrected chi connectivity index (χ4v) is 2.46. The predicted octanol–water partition coefficient (Wildman–Crippen LogP) is 4.58. The van der Waals surface area contributed by atoms with Crippen molar-refractivity contribution in [2.24, 2.45) is 4.99 Å².